The van der Waals surface area contributed by atoms with Gasteiger partial charge in [0.2, 0.25) is 0 Å². The van der Waals surface area contributed by atoms with Crippen LogP contribution in [0.5, 0.6) is 5.75 Å². The molecule has 0 bridgehead atoms. The smallest absolute Gasteiger partial charge is 0.303 e. The highest BCUT2D eigenvalue weighted by Crippen LogP contribution is 2.22. The van der Waals surface area contributed by atoms with Crippen molar-refractivity contribution >= 4 is 17.6 Å². The van der Waals surface area contributed by atoms with Crippen LogP contribution in [0.2, 0.25) is 0 Å². The third-order valence-corrected chi connectivity index (χ3v) is 3.57. The summed E-state index contributed by atoms with van der Waals surface area (Å²) in [5, 5.41) is 11.6. The molecule has 1 unspecified atom stereocenters. The average molecular weight is 313 g/mol. The maximum Gasteiger partial charge on any atom is 0.303 e. The lowest BCUT2D eigenvalue weighted by Crippen LogP contribution is -2.13. The van der Waals surface area contributed by atoms with E-state index in [4.69, 9.17) is 9.84 Å². The molecule has 5 nitrogen and oxygen atoms in total. The summed E-state index contributed by atoms with van der Waals surface area (Å²) in [6.07, 6.45) is 0.0763. The molecule has 120 valence electrons. The molecule has 0 fully saturated rings. The molecular weight excluding hydrogens is 294 g/mol. The van der Waals surface area contributed by atoms with E-state index in [1.807, 2.05) is 19.1 Å². The number of carbonyl (C=O) groups is 2. The number of aliphatic carboxylic acids is 1. The van der Waals surface area contributed by atoms with Gasteiger partial charge in [-0.25, -0.2) is 0 Å². The number of nitrogens with one attached hydrogen (secondary N) is 1. The van der Waals surface area contributed by atoms with E-state index in [0.717, 1.165) is 5.56 Å². The second kappa shape index (κ2) is 7.45. The van der Waals surface area contributed by atoms with Crippen molar-refractivity contribution in [1.82, 2.24) is 0 Å². The Balaban J connectivity index is 2.09. The number of hydrogen-bond acceptors (Lipinski definition) is 3. The number of carbonyl (C=O) groups excluding carboxylic acids is 1. The molecule has 0 saturated carbocycles. The fourth-order valence-corrected chi connectivity index (χ4v) is 2.31. The molecule has 1 atom stereocenters. The van der Waals surface area contributed by atoms with E-state index < -0.39 is 5.97 Å². The number of rotatable bonds is 6. The Morgan fingerprint density at radius 1 is 1.13 bits per heavy atom. The van der Waals surface area contributed by atoms with E-state index in [2.05, 4.69) is 5.32 Å². The molecule has 2 N–H and O–H groups in total. The monoisotopic (exact) mass is 313 g/mol. The molecule has 5 heteroatoms. The van der Waals surface area contributed by atoms with Gasteiger partial charge in [-0.2, -0.15) is 0 Å². The molecule has 0 aliphatic rings. The summed E-state index contributed by atoms with van der Waals surface area (Å²) in [5.41, 5.74) is 2.02. The molecule has 1 amide bonds. The number of amides is 1. The van der Waals surface area contributed by atoms with Crippen LogP contribution < -0.4 is 10.1 Å². The van der Waals surface area contributed by atoms with E-state index in [9.17, 15) is 9.59 Å². The highest BCUT2D eigenvalue weighted by Gasteiger charge is 2.13. The van der Waals surface area contributed by atoms with E-state index in [1.54, 1.807) is 36.4 Å². The van der Waals surface area contributed by atoms with E-state index in [1.165, 1.54) is 7.11 Å². The van der Waals surface area contributed by atoms with Gasteiger partial charge in [-0.1, -0.05) is 31.2 Å². The fraction of sp³-hybridized carbons (Fsp3) is 0.222. The number of anilines is 1. The Bertz CT molecular complexity index is 694. The zero-order valence-electron chi connectivity index (χ0n) is 13.1. The lowest BCUT2D eigenvalue weighted by molar-refractivity contribution is -0.137. The zero-order chi connectivity index (χ0) is 16.8. The lowest BCUT2D eigenvalue weighted by Gasteiger charge is -2.12. The number of hydrogen-bond donors (Lipinski definition) is 2. The maximum absolute atomic E-state index is 12.3. The van der Waals surface area contributed by atoms with Gasteiger partial charge < -0.3 is 15.2 Å². The molecule has 0 radical (unpaired) electrons. The van der Waals surface area contributed by atoms with Gasteiger partial charge in [-0.3, -0.25) is 9.59 Å². The second-order valence-corrected chi connectivity index (χ2v) is 5.28. The standard InChI is InChI=1S/C18H19NO4/c1-12(11-17(20)21)13-7-9-14(10-8-13)19-18(22)15-5-3-4-6-16(15)23-2/h3-10,12H,11H2,1-2H3,(H,19,22)(H,20,21). The minimum atomic E-state index is -0.828. The van der Waals surface area contributed by atoms with E-state index >= 15 is 0 Å². The van der Waals surface area contributed by atoms with Gasteiger partial charge in [0.05, 0.1) is 19.1 Å². The van der Waals surface area contributed by atoms with Crippen molar-refractivity contribution < 1.29 is 19.4 Å². The minimum Gasteiger partial charge on any atom is -0.496 e. The summed E-state index contributed by atoms with van der Waals surface area (Å²) >= 11 is 0. The Hall–Kier alpha value is -2.82. The van der Waals surface area contributed by atoms with Crippen molar-refractivity contribution in [3.63, 3.8) is 0 Å². The molecule has 0 aromatic heterocycles. The van der Waals surface area contributed by atoms with Crippen molar-refractivity contribution in [2.45, 2.75) is 19.3 Å². The first-order valence-electron chi connectivity index (χ1n) is 7.27. The summed E-state index contributed by atoms with van der Waals surface area (Å²) in [4.78, 5) is 23.0. The maximum atomic E-state index is 12.3. The van der Waals surface area contributed by atoms with Gasteiger partial charge in [-0.05, 0) is 35.7 Å². The van der Waals surface area contributed by atoms with Crippen LogP contribution in [-0.2, 0) is 4.79 Å². The van der Waals surface area contributed by atoms with Crippen molar-refractivity contribution in [3.8, 4) is 5.75 Å². The number of para-hydroxylation sites is 1. The van der Waals surface area contributed by atoms with Gasteiger partial charge in [-0.15, -0.1) is 0 Å². The predicted octanol–water partition coefficient (Wildman–Crippen LogP) is 3.53. The Morgan fingerprint density at radius 2 is 1.78 bits per heavy atom. The van der Waals surface area contributed by atoms with Gasteiger partial charge >= 0.3 is 5.97 Å². The predicted molar refractivity (Wildman–Crippen MR) is 88.1 cm³/mol. The van der Waals surface area contributed by atoms with Crippen molar-refractivity contribution in [3.05, 3.63) is 59.7 Å². The van der Waals surface area contributed by atoms with Gasteiger partial charge in [0, 0.05) is 5.69 Å². The van der Waals surface area contributed by atoms with Gasteiger partial charge in [0.15, 0.2) is 0 Å². The summed E-state index contributed by atoms with van der Waals surface area (Å²) in [6.45, 7) is 1.86. The first kappa shape index (κ1) is 16.5. The first-order valence-corrected chi connectivity index (χ1v) is 7.27. The Labute approximate surface area is 134 Å². The molecule has 2 aromatic carbocycles. The van der Waals surface area contributed by atoms with Crippen LogP contribution in [0.1, 0.15) is 35.2 Å². The lowest BCUT2D eigenvalue weighted by atomic mass is 9.98. The molecule has 0 spiro atoms. The molecule has 2 rings (SSSR count). The first-order chi connectivity index (χ1) is 11.0. The molecule has 0 aliphatic carbocycles. The quantitative estimate of drug-likeness (QED) is 0.855. The topological polar surface area (TPSA) is 75.6 Å². The van der Waals surface area contributed by atoms with Crippen LogP contribution in [0, 0.1) is 0 Å². The molecule has 0 saturated heterocycles. The van der Waals surface area contributed by atoms with Gasteiger partial charge in [0.25, 0.3) is 5.91 Å². The second-order valence-electron chi connectivity index (χ2n) is 5.28. The largest absolute Gasteiger partial charge is 0.496 e. The number of methoxy groups -OCH3 is 1. The van der Waals surface area contributed by atoms with Crippen LogP contribution in [-0.4, -0.2) is 24.1 Å². The van der Waals surface area contributed by atoms with Crippen molar-refractivity contribution in [1.29, 1.82) is 0 Å². The third-order valence-electron chi connectivity index (χ3n) is 3.57. The van der Waals surface area contributed by atoms with Crippen LogP contribution in [0.25, 0.3) is 0 Å². The molecule has 0 aliphatic heterocycles. The minimum absolute atomic E-state index is 0.0763. The Morgan fingerprint density at radius 3 is 2.39 bits per heavy atom. The third kappa shape index (κ3) is 4.32. The summed E-state index contributed by atoms with van der Waals surface area (Å²) < 4.78 is 5.18. The highest BCUT2D eigenvalue weighted by atomic mass is 16.5. The normalized spacial score (nSPS) is 11.6. The molecular formula is C18H19NO4. The number of benzene rings is 2. The van der Waals surface area contributed by atoms with Crippen LogP contribution in [0.4, 0.5) is 5.69 Å². The highest BCUT2D eigenvalue weighted by molar-refractivity contribution is 6.06. The van der Waals surface area contributed by atoms with Crippen LogP contribution >= 0.6 is 0 Å². The number of carboxylic acids is 1. The van der Waals surface area contributed by atoms with Gasteiger partial charge in [0.1, 0.15) is 5.75 Å². The summed E-state index contributed by atoms with van der Waals surface area (Å²) in [7, 11) is 1.52. The molecule has 0 heterocycles. The average Bonchev–Trinajstić information content (AvgIpc) is 2.54. The SMILES string of the molecule is COc1ccccc1C(=O)Nc1ccc(C(C)CC(=O)O)cc1. The number of carboxylic acid groups (broad SMARTS) is 1. The Kier molecular flexibility index (Phi) is 5.36. The number of ether oxygens (including phenoxy) is 1. The van der Waals surface area contributed by atoms with Crippen LogP contribution in [0.3, 0.4) is 0 Å². The zero-order valence-corrected chi connectivity index (χ0v) is 13.1. The fourth-order valence-electron chi connectivity index (χ4n) is 2.31. The summed E-state index contributed by atoms with van der Waals surface area (Å²) in [5.74, 6) is -0.650. The van der Waals surface area contributed by atoms with E-state index in [0.29, 0.717) is 17.0 Å². The molecule has 2 aromatic rings. The van der Waals surface area contributed by atoms with Crippen LogP contribution in [0.15, 0.2) is 48.5 Å². The van der Waals surface area contributed by atoms with Crippen molar-refractivity contribution in [2.75, 3.05) is 12.4 Å². The summed E-state index contributed by atoms with van der Waals surface area (Å²) in [6, 6.07) is 14.2. The molecule has 23 heavy (non-hydrogen) atoms. The van der Waals surface area contributed by atoms with E-state index in [-0.39, 0.29) is 18.2 Å². The van der Waals surface area contributed by atoms with Crippen molar-refractivity contribution in [2.24, 2.45) is 0 Å².